The first-order valence-electron chi connectivity index (χ1n) is 9.63. The summed E-state index contributed by atoms with van der Waals surface area (Å²) in [5, 5.41) is 16.4. The van der Waals surface area contributed by atoms with Crippen molar-refractivity contribution < 1.29 is 14.3 Å². The lowest BCUT2D eigenvalue weighted by atomic mass is 9.74. The van der Waals surface area contributed by atoms with E-state index in [2.05, 4.69) is 30.4 Å². The molecule has 0 radical (unpaired) electrons. The van der Waals surface area contributed by atoms with E-state index in [4.69, 9.17) is 9.15 Å². The second-order valence-corrected chi connectivity index (χ2v) is 7.21. The average Bonchev–Trinajstić information content (AvgIpc) is 3.09. The minimum atomic E-state index is -0.858. The quantitative estimate of drug-likeness (QED) is 0.710. The number of hydrogen-bond acceptors (Lipinski definition) is 4. The van der Waals surface area contributed by atoms with E-state index in [1.807, 2.05) is 6.07 Å². The number of fused-ring (bicyclic) bond motifs is 1. The molecule has 2 aromatic rings. The van der Waals surface area contributed by atoms with E-state index in [9.17, 15) is 5.11 Å². The lowest BCUT2D eigenvalue weighted by Gasteiger charge is -2.39. The molecule has 0 saturated carbocycles. The van der Waals surface area contributed by atoms with Gasteiger partial charge in [0.05, 0.1) is 5.60 Å². The van der Waals surface area contributed by atoms with Gasteiger partial charge in [-0.2, -0.15) is 0 Å². The molecule has 1 saturated heterocycles. The van der Waals surface area contributed by atoms with E-state index < -0.39 is 5.60 Å². The number of para-hydroxylation sites is 1. The molecule has 1 aliphatic heterocycles. The van der Waals surface area contributed by atoms with Gasteiger partial charge in [-0.25, -0.2) is 0 Å². The summed E-state index contributed by atoms with van der Waals surface area (Å²) in [4.78, 5) is 0. The Kier molecular flexibility index (Phi) is 6.15. The maximum atomic E-state index is 11.8. The Morgan fingerprint density at radius 3 is 2.96 bits per heavy atom. The Morgan fingerprint density at radius 1 is 1.36 bits per heavy atom. The van der Waals surface area contributed by atoms with E-state index in [0.29, 0.717) is 0 Å². The molecule has 0 amide bonds. The molecule has 2 N–H and O–H groups in total. The van der Waals surface area contributed by atoms with Crippen LogP contribution in [0, 0.1) is 5.92 Å². The van der Waals surface area contributed by atoms with Gasteiger partial charge in [-0.3, -0.25) is 0 Å². The molecule has 4 heteroatoms. The zero-order valence-electron chi connectivity index (χ0n) is 15.5. The number of aliphatic hydroxyl groups is 1. The number of furan rings is 1. The molecule has 138 valence electrons. The molecule has 4 nitrogen and oxygen atoms in total. The third-order valence-corrected chi connectivity index (χ3v) is 5.54. The van der Waals surface area contributed by atoms with Gasteiger partial charge in [-0.05, 0) is 44.7 Å². The second kappa shape index (κ2) is 8.35. The fourth-order valence-corrected chi connectivity index (χ4v) is 4.09. The minimum absolute atomic E-state index is 0.213. The standard InChI is InChI=1S/C21H31NO3/c1-3-18-14-16-8-6-10-19(20(16)25-18)21(23,11-4-5-13-24-2)17-9-7-12-22-15-17/h6,8,10,14,17,22-23H,3-5,7,9,11-13,15H2,1-2H3/t17-,21+/m1/s1. The fraction of sp³-hybridized carbons (Fsp3) is 0.619. The van der Waals surface area contributed by atoms with Crippen molar-refractivity contribution in [1.29, 1.82) is 0 Å². The number of rotatable bonds is 8. The van der Waals surface area contributed by atoms with Gasteiger partial charge in [0, 0.05) is 43.5 Å². The van der Waals surface area contributed by atoms with Crippen LogP contribution in [0.15, 0.2) is 28.7 Å². The summed E-state index contributed by atoms with van der Waals surface area (Å²) >= 11 is 0. The van der Waals surface area contributed by atoms with Gasteiger partial charge in [0.2, 0.25) is 0 Å². The Hall–Kier alpha value is -1.36. The van der Waals surface area contributed by atoms with Crippen molar-refractivity contribution >= 4 is 11.0 Å². The first-order chi connectivity index (χ1) is 12.2. The molecule has 3 rings (SSSR count). The van der Waals surface area contributed by atoms with Gasteiger partial charge in [-0.15, -0.1) is 0 Å². The smallest absolute Gasteiger partial charge is 0.140 e. The summed E-state index contributed by atoms with van der Waals surface area (Å²) in [6.45, 7) is 4.74. The lowest BCUT2D eigenvalue weighted by Crippen LogP contribution is -2.44. The molecule has 1 aromatic carbocycles. The van der Waals surface area contributed by atoms with Crippen molar-refractivity contribution in [1.82, 2.24) is 5.32 Å². The van der Waals surface area contributed by atoms with Gasteiger partial charge in [0.25, 0.3) is 0 Å². The molecular formula is C21H31NO3. The third-order valence-electron chi connectivity index (χ3n) is 5.54. The van der Waals surface area contributed by atoms with Crippen molar-refractivity contribution in [2.24, 2.45) is 5.92 Å². The van der Waals surface area contributed by atoms with Crippen LogP contribution in [0.5, 0.6) is 0 Å². The van der Waals surface area contributed by atoms with Crippen LogP contribution in [-0.2, 0) is 16.8 Å². The average molecular weight is 345 g/mol. The molecule has 25 heavy (non-hydrogen) atoms. The van der Waals surface area contributed by atoms with Crippen molar-refractivity contribution in [2.75, 3.05) is 26.8 Å². The fourth-order valence-electron chi connectivity index (χ4n) is 4.09. The van der Waals surface area contributed by atoms with Gasteiger partial charge in [-0.1, -0.05) is 25.1 Å². The molecule has 1 aromatic heterocycles. The van der Waals surface area contributed by atoms with E-state index >= 15 is 0 Å². The maximum Gasteiger partial charge on any atom is 0.140 e. The normalized spacial score (nSPS) is 20.7. The van der Waals surface area contributed by atoms with Crippen LogP contribution in [0.1, 0.15) is 50.4 Å². The highest BCUT2D eigenvalue weighted by molar-refractivity contribution is 5.82. The van der Waals surface area contributed by atoms with Gasteiger partial charge < -0.3 is 19.6 Å². The summed E-state index contributed by atoms with van der Waals surface area (Å²) in [6, 6.07) is 8.27. The Bertz CT molecular complexity index is 675. The van der Waals surface area contributed by atoms with Crippen molar-refractivity contribution in [3.05, 3.63) is 35.6 Å². The molecule has 0 unspecified atom stereocenters. The summed E-state index contributed by atoms with van der Waals surface area (Å²) in [7, 11) is 1.73. The number of hydrogen-bond donors (Lipinski definition) is 2. The summed E-state index contributed by atoms with van der Waals surface area (Å²) in [5.74, 6) is 1.19. The van der Waals surface area contributed by atoms with Crippen LogP contribution < -0.4 is 5.32 Å². The van der Waals surface area contributed by atoms with Crippen LogP contribution in [0.4, 0.5) is 0 Å². The van der Waals surface area contributed by atoms with Crippen LogP contribution >= 0.6 is 0 Å². The lowest BCUT2D eigenvalue weighted by molar-refractivity contribution is -0.0428. The van der Waals surface area contributed by atoms with Crippen molar-refractivity contribution in [3.8, 4) is 0 Å². The highest BCUT2D eigenvalue weighted by Crippen LogP contribution is 2.42. The number of piperidine rings is 1. The maximum absolute atomic E-state index is 11.8. The third kappa shape index (κ3) is 3.91. The van der Waals surface area contributed by atoms with Gasteiger partial charge in [0.1, 0.15) is 11.3 Å². The number of nitrogens with one attached hydrogen (secondary N) is 1. The minimum Gasteiger partial charge on any atom is -0.461 e. The molecule has 0 spiro atoms. The zero-order chi connectivity index (χ0) is 17.7. The predicted octanol–water partition coefficient (Wildman–Crippen LogP) is 4.00. The summed E-state index contributed by atoms with van der Waals surface area (Å²) < 4.78 is 11.3. The number of ether oxygens (including phenoxy) is 1. The van der Waals surface area contributed by atoms with Gasteiger partial charge in [0.15, 0.2) is 0 Å². The molecule has 2 atom stereocenters. The first kappa shape index (κ1) is 18.4. The second-order valence-electron chi connectivity index (χ2n) is 7.21. The van der Waals surface area contributed by atoms with Crippen molar-refractivity contribution in [2.45, 2.75) is 51.0 Å². The zero-order valence-corrected chi connectivity index (χ0v) is 15.5. The van der Waals surface area contributed by atoms with Crippen LogP contribution in [-0.4, -0.2) is 31.9 Å². The Labute approximate surface area is 150 Å². The van der Waals surface area contributed by atoms with Crippen LogP contribution in [0.2, 0.25) is 0 Å². The number of aryl methyl sites for hydroxylation is 1. The predicted molar refractivity (Wildman–Crippen MR) is 101 cm³/mol. The summed E-state index contributed by atoms with van der Waals surface area (Å²) in [5.41, 5.74) is 0.957. The van der Waals surface area contributed by atoms with E-state index in [1.54, 1.807) is 7.11 Å². The topological polar surface area (TPSA) is 54.6 Å². The number of benzene rings is 1. The number of unbranched alkanes of at least 4 members (excludes halogenated alkanes) is 1. The summed E-state index contributed by atoms with van der Waals surface area (Å²) in [6.07, 6.45) is 5.67. The molecule has 0 aliphatic carbocycles. The SMILES string of the molecule is CCc1cc2cccc([C@](O)(CCCCOC)[C@@H]3CCCNC3)c2o1. The molecular weight excluding hydrogens is 314 g/mol. The van der Waals surface area contributed by atoms with E-state index in [1.165, 1.54) is 0 Å². The Morgan fingerprint density at radius 2 is 2.24 bits per heavy atom. The molecule has 1 aliphatic rings. The number of methoxy groups -OCH3 is 1. The first-order valence-corrected chi connectivity index (χ1v) is 9.63. The van der Waals surface area contributed by atoms with Crippen molar-refractivity contribution in [3.63, 3.8) is 0 Å². The van der Waals surface area contributed by atoms with E-state index in [-0.39, 0.29) is 5.92 Å². The van der Waals surface area contributed by atoms with Crippen LogP contribution in [0.3, 0.4) is 0 Å². The van der Waals surface area contributed by atoms with Gasteiger partial charge >= 0.3 is 0 Å². The highest BCUT2D eigenvalue weighted by atomic mass is 16.5. The van der Waals surface area contributed by atoms with Crippen LogP contribution in [0.25, 0.3) is 11.0 Å². The van der Waals surface area contributed by atoms with E-state index in [0.717, 1.165) is 80.5 Å². The Balaban J connectivity index is 1.96. The molecule has 0 bridgehead atoms. The largest absolute Gasteiger partial charge is 0.461 e. The monoisotopic (exact) mass is 345 g/mol. The highest BCUT2D eigenvalue weighted by Gasteiger charge is 2.40. The molecule has 1 fully saturated rings. The molecule has 2 heterocycles.